The summed E-state index contributed by atoms with van der Waals surface area (Å²) in [6.45, 7) is 4.62. The first-order valence-corrected chi connectivity index (χ1v) is 6.07. The Morgan fingerprint density at radius 3 is 2.87 bits per heavy atom. The molecule has 1 aliphatic carbocycles. The third-order valence-electron chi connectivity index (χ3n) is 4.36. The molecule has 1 heterocycles. The molecule has 0 bridgehead atoms. The molecule has 0 radical (unpaired) electrons. The van der Waals surface area contributed by atoms with E-state index in [1.165, 1.54) is 37.9 Å². The van der Waals surface area contributed by atoms with Crippen molar-refractivity contribution in [3.8, 4) is 0 Å². The van der Waals surface area contributed by atoms with Crippen LogP contribution in [0.25, 0.3) is 0 Å². The van der Waals surface area contributed by atoms with Gasteiger partial charge in [0.25, 0.3) is 0 Å². The largest absolute Gasteiger partial charge is 0.316 e. The minimum Gasteiger partial charge on any atom is -0.316 e. The third kappa shape index (κ3) is 1.41. The first kappa shape index (κ1) is 9.41. The van der Waals surface area contributed by atoms with Crippen LogP contribution in [0.4, 0.5) is 0 Å². The predicted molar refractivity (Wildman–Crippen MR) is 63.1 cm³/mol. The molecule has 1 saturated carbocycles. The van der Waals surface area contributed by atoms with Crippen molar-refractivity contribution >= 4 is 0 Å². The van der Waals surface area contributed by atoms with E-state index in [4.69, 9.17) is 0 Å². The van der Waals surface area contributed by atoms with Gasteiger partial charge < -0.3 is 5.32 Å². The summed E-state index contributed by atoms with van der Waals surface area (Å²) >= 11 is 0. The molecule has 1 spiro atoms. The molecule has 1 saturated heterocycles. The van der Waals surface area contributed by atoms with Crippen LogP contribution in [0.5, 0.6) is 0 Å². The highest BCUT2D eigenvalue weighted by atomic mass is 14.9. The van der Waals surface area contributed by atoms with Crippen LogP contribution in [0.1, 0.15) is 36.3 Å². The van der Waals surface area contributed by atoms with Crippen LogP contribution in [0, 0.1) is 12.3 Å². The van der Waals surface area contributed by atoms with Crippen molar-refractivity contribution in [1.29, 1.82) is 0 Å². The first-order chi connectivity index (χ1) is 7.30. The van der Waals surface area contributed by atoms with Crippen LogP contribution >= 0.6 is 0 Å². The smallest absolute Gasteiger partial charge is 0.00321 e. The Morgan fingerprint density at radius 2 is 2.20 bits per heavy atom. The van der Waals surface area contributed by atoms with Gasteiger partial charge in [0, 0.05) is 19.0 Å². The van der Waals surface area contributed by atoms with Gasteiger partial charge in [-0.15, -0.1) is 0 Å². The van der Waals surface area contributed by atoms with Gasteiger partial charge in [0.05, 0.1) is 0 Å². The number of hydrogen-bond acceptors (Lipinski definition) is 1. The number of benzene rings is 1. The van der Waals surface area contributed by atoms with Crippen molar-refractivity contribution in [2.45, 2.75) is 32.1 Å². The minimum atomic E-state index is 0.619. The Kier molecular flexibility index (Phi) is 2.10. The zero-order valence-electron chi connectivity index (χ0n) is 9.42. The molecule has 80 valence electrons. The highest BCUT2D eigenvalue weighted by Crippen LogP contribution is 2.53. The van der Waals surface area contributed by atoms with E-state index in [1.54, 1.807) is 5.56 Å². The minimum absolute atomic E-state index is 0.619. The van der Waals surface area contributed by atoms with Crippen molar-refractivity contribution in [2.24, 2.45) is 5.41 Å². The standard InChI is InChI=1S/C14H19N/c1-11-4-2-5-12(8-11)13-9-15-10-14(13)6-3-7-14/h2,4-5,8,13,15H,3,6-7,9-10H2,1H3/t13-/m0/s1. The monoisotopic (exact) mass is 201 g/mol. The van der Waals surface area contributed by atoms with Gasteiger partial charge in [0.2, 0.25) is 0 Å². The van der Waals surface area contributed by atoms with Crippen LogP contribution in [0.15, 0.2) is 24.3 Å². The van der Waals surface area contributed by atoms with E-state index in [1.807, 2.05) is 0 Å². The van der Waals surface area contributed by atoms with Crippen LogP contribution < -0.4 is 5.32 Å². The summed E-state index contributed by atoms with van der Waals surface area (Å²) in [6.07, 6.45) is 4.29. The summed E-state index contributed by atoms with van der Waals surface area (Å²) in [7, 11) is 0. The second-order valence-corrected chi connectivity index (χ2v) is 5.31. The lowest BCUT2D eigenvalue weighted by atomic mass is 9.61. The van der Waals surface area contributed by atoms with Crippen LogP contribution in [0.2, 0.25) is 0 Å². The fourth-order valence-corrected chi connectivity index (χ4v) is 3.32. The van der Waals surface area contributed by atoms with Crippen LogP contribution in [-0.4, -0.2) is 13.1 Å². The molecule has 1 aromatic rings. The lowest BCUT2D eigenvalue weighted by molar-refractivity contribution is 0.137. The SMILES string of the molecule is Cc1cccc([C@@H]2CNCC23CCC3)c1. The molecule has 1 nitrogen and oxygen atoms in total. The molecule has 1 heteroatoms. The van der Waals surface area contributed by atoms with Crippen molar-refractivity contribution in [2.75, 3.05) is 13.1 Å². The van der Waals surface area contributed by atoms with Gasteiger partial charge in [-0.2, -0.15) is 0 Å². The molecule has 2 fully saturated rings. The second-order valence-electron chi connectivity index (χ2n) is 5.31. The molecular formula is C14H19N. The average Bonchev–Trinajstić information content (AvgIpc) is 2.61. The Bertz CT molecular complexity index is 365. The summed E-state index contributed by atoms with van der Waals surface area (Å²) in [5, 5.41) is 3.58. The quantitative estimate of drug-likeness (QED) is 0.736. The average molecular weight is 201 g/mol. The van der Waals surface area contributed by atoms with Gasteiger partial charge in [-0.3, -0.25) is 0 Å². The second kappa shape index (κ2) is 3.34. The summed E-state index contributed by atoms with van der Waals surface area (Å²) in [5.74, 6) is 0.770. The summed E-state index contributed by atoms with van der Waals surface area (Å²) < 4.78 is 0. The molecule has 1 aliphatic heterocycles. The van der Waals surface area contributed by atoms with Crippen LogP contribution in [-0.2, 0) is 0 Å². The van der Waals surface area contributed by atoms with Gasteiger partial charge in [-0.25, -0.2) is 0 Å². The number of nitrogens with one attached hydrogen (secondary N) is 1. The van der Waals surface area contributed by atoms with Crippen molar-refractivity contribution in [3.05, 3.63) is 35.4 Å². The molecule has 0 unspecified atom stereocenters. The lowest BCUT2D eigenvalue weighted by Gasteiger charge is -2.43. The topological polar surface area (TPSA) is 12.0 Å². The molecule has 15 heavy (non-hydrogen) atoms. The Labute approximate surface area is 91.9 Å². The normalized spacial score (nSPS) is 27.9. The van der Waals surface area contributed by atoms with Crippen LogP contribution in [0.3, 0.4) is 0 Å². The van der Waals surface area contributed by atoms with E-state index in [0.29, 0.717) is 5.41 Å². The Balaban J connectivity index is 1.93. The zero-order valence-corrected chi connectivity index (χ0v) is 9.42. The number of rotatable bonds is 1. The van der Waals surface area contributed by atoms with E-state index < -0.39 is 0 Å². The zero-order chi connectivity index (χ0) is 10.3. The predicted octanol–water partition coefficient (Wildman–Crippen LogP) is 2.85. The fraction of sp³-hybridized carbons (Fsp3) is 0.571. The Hall–Kier alpha value is -0.820. The molecule has 1 N–H and O–H groups in total. The third-order valence-corrected chi connectivity index (χ3v) is 4.36. The van der Waals surface area contributed by atoms with Crippen molar-refractivity contribution in [3.63, 3.8) is 0 Å². The number of aryl methyl sites for hydroxylation is 1. The Morgan fingerprint density at radius 1 is 1.33 bits per heavy atom. The molecule has 2 aliphatic rings. The molecule has 3 rings (SSSR count). The maximum atomic E-state index is 3.58. The summed E-state index contributed by atoms with van der Waals surface area (Å²) in [5.41, 5.74) is 3.57. The van der Waals surface area contributed by atoms with Gasteiger partial charge in [0.1, 0.15) is 0 Å². The number of hydrogen-bond donors (Lipinski definition) is 1. The molecule has 1 atom stereocenters. The summed E-state index contributed by atoms with van der Waals surface area (Å²) in [4.78, 5) is 0. The molecular weight excluding hydrogens is 182 g/mol. The van der Waals surface area contributed by atoms with E-state index in [0.717, 1.165) is 5.92 Å². The summed E-state index contributed by atoms with van der Waals surface area (Å²) in [6, 6.07) is 9.08. The van der Waals surface area contributed by atoms with E-state index in [-0.39, 0.29) is 0 Å². The van der Waals surface area contributed by atoms with E-state index in [2.05, 4.69) is 36.5 Å². The molecule has 0 amide bonds. The first-order valence-electron chi connectivity index (χ1n) is 6.07. The van der Waals surface area contributed by atoms with Gasteiger partial charge >= 0.3 is 0 Å². The van der Waals surface area contributed by atoms with Gasteiger partial charge in [0.15, 0.2) is 0 Å². The van der Waals surface area contributed by atoms with Gasteiger partial charge in [-0.05, 0) is 30.7 Å². The van der Waals surface area contributed by atoms with Gasteiger partial charge in [-0.1, -0.05) is 36.2 Å². The van der Waals surface area contributed by atoms with Crippen molar-refractivity contribution in [1.82, 2.24) is 5.32 Å². The maximum absolute atomic E-state index is 3.58. The maximum Gasteiger partial charge on any atom is 0.00321 e. The van der Waals surface area contributed by atoms with E-state index in [9.17, 15) is 0 Å². The van der Waals surface area contributed by atoms with E-state index >= 15 is 0 Å². The van der Waals surface area contributed by atoms with Crippen molar-refractivity contribution < 1.29 is 0 Å². The highest BCUT2D eigenvalue weighted by molar-refractivity contribution is 5.30. The fourth-order valence-electron chi connectivity index (χ4n) is 3.32. The highest BCUT2D eigenvalue weighted by Gasteiger charge is 2.47. The molecule has 0 aromatic heterocycles. The lowest BCUT2D eigenvalue weighted by Crippen LogP contribution is -2.36. The molecule has 1 aromatic carbocycles.